The van der Waals surface area contributed by atoms with Crippen LogP contribution in [-0.2, 0) is 6.42 Å². The van der Waals surface area contributed by atoms with E-state index in [0.717, 1.165) is 11.3 Å². The fraction of sp³-hybridized carbons (Fsp3) is 0.167. The van der Waals surface area contributed by atoms with E-state index in [0.29, 0.717) is 16.5 Å². The van der Waals surface area contributed by atoms with Crippen LogP contribution in [0.3, 0.4) is 0 Å². The van der Waals surface area contributed by atoms with Gasteiger partial charge in [-0.25, -0.2) is 0 Å². The van der Waals surface area contributed by atoms with Crippen LogP contribution in [0.2, 0.25) is 10.0 Å². The Labute approximate surface area is 109 Å². The summed E-state index contributed by atoms with van der Waals surface area (Å²) in [5.74, 6) is 6.37. The van der Waals surface area contributed by atoms with E-state index in [-0.39, 0.29) is 6.04 Å². The predicted molar refractivity (Wildman–Crippen MR) is 68.9 cm³/mol. The SMILES string of the molecule is NNC(Cc1ccco1)c1c(Cl)cccc1Cl. The smallest absolute Gasteiger partial charge is 0.105 e. The first-order valence-corrected chi connectivity index (χ1v) is 5.90. The molecule has 0 amide bonds. The molecule has 2 aromatic rings. The molecule has 0 radical (unpaired) electrons. The molecule has 0 saturated carbocycles. The average Bonchev–Trinajstić information content (AvgIpc) is 2.80. The van der Waals surface area contributed by atoms with E-state index in [4.69, 9.17) is 33.5 Å². The van der Waals surface area contributed by atoms with Gasteiger partial charge in [-0.1, -0.05) is 29.3 Å². The largest absolute Gasteiger partial charge is 0.469 e. The first-order chi connectivity index (χ1) is 8.22. The summed E-state index contributed by atoms with van der Waals surface area (Å²) in [5, 5.41) is 1.18. The molecule has 0 aliphatic rings. The van der Waals surface area contributed by atoms with E-state index in [1.807, 2.05) is 12.1 Å². The number of nitrogens with two attached hydrogens (primary N) is 1. The van der Waals surface area contributed by atoms with Crippen LogP contribution in [0.1, 0.15) is 17.4 Å². The second-order valence-electron chi connectivity index (χ2n) is 3.64. The van der Waals surface area contributed by atoms with Crippen molar-refractivity contribution in [2.24, 2.45) is 5.84 Å². The Bertz CT molecular complexity index is 465. The van der Waals surface area contributed by atoms with Gasteiger partial charge < -0.3 is 4.42 Å². The molecule has 3 nitrogen and oxygen atoms in total. The molecular weight excluding hydrogens is 259 g/mol. The third-order valence-corrected chi connectivity index (χ3v) is 3.19. The molecule has 0 bridgehead atoms. The average molecular weight is 271 g/mol. The topological polar surface area (TPSA) is 51.2 Å². The van der Waals surface area contributed by atoms with Crippen molar-refractivity contribution in [3.05, 3.63) is 58.0 Å². The zero-order valence-corrected chi connectivity index (χ0v) is 10.5. The first-order valence-electron chi connectivity index (χ1n) is 5.14. The minimum atomic E-state index is -0.178. The van der Waals surface area contributed by atoms with Crippen LogP contribution in [-0.4, -0.2) is 0 Å². The second kappa shape index (κ2) is 5.56. The van der Waals surface area contributed by atoms with Gasteiger partial charge in [0.1, 0.15) is 5.76 Å². The van der Waals surface area contributed by atoms with Crippen LogP contribution >= 0.6 is 23.2 Å². The number of nitrogens with one attached hydrogen (secondary N) is 1. The molecule has 90 valence electrons. The summed E-state index contributed by atoms with van der Waals surface area (Å²) in [4.78, 5) is 0. The normalized spacial score (nSPS) is 12.6. The van der Waals surface area contributed by atoms with Crippen molar-refractivity contribution in [3.63, 3.8) is 0 Å². The molecule has 0 fully saturated rings. The van der Waals surface area contributed by atoms with Crippen molar-refractivity contribution in [1.82, 2.24) is 5.43 Å². The molecule has 1 aromatic heterocycles. The van der Waals surface area contributed by atoms with E-state index < -0.39 is 0 Å². The van der Waals surface area contributed by atoms with Crippen LogP contribution in [0.4, 0.5) is 0 Å². The number of hydrazine groups is 1. The van der Waals surface area contributed by atoms with Crippen LogP contribution in [0.15, 0.2) is 41.0 Å². The minimum Gasteiger partial charge on any atom is -0.469 e. The molecule has 5 heteroatoms. The standard InChI is InChI=1S/C12H12Cl2N2O/c13-9-4-1-5-10(14)12(9)11(16-15)7-8-3-2-6-17-8/h1-6,11,16H,7,15H2. The van der Waals surface area contributed by atoms with Crippen molar-refractivity contribution in [1.29, 1.82) is 0 Å². The van der Waals surface area contributed by atoms with Gasteiger partial charge in [-0.05, 0) is 24.3 Å². The predicted octanol–water partition coefficient (Wildman–Crippen LogP) is 3.33. The maximum absolute atomic E-state index is 6.13. The fourth-order valence-corrected chi connectivity index (χ4v) is 2.38. The van der Waals surface area contributed by atoms with Crippen LogP contribution in [0, 0.1) is 0 Å². The summed E-state index contributed by atoms with van der Waals surface area (Å²) in [6.45, 7) is 0. The number of rotatable bonds is 4. The Morgan fingerprint density at radius 3 is 2.41 bits per heavy atom. The number of hydrogen-bond acceptors (Lipinski definition) is 3. The van der Waals surface area contributed by atoms with Gasteiger partial charge in [-0.15, -0.1) is 0 Å². The maximum atomic E-state index is 6.13. The van der Waals surface area contributed by atoms with E-state index in [2.05, 4.69) is 5.43 Å². The molecule has 3 N–H and O–H groups in total. The monoisotopic (exact) mass is 270 g/mol. The highest BCUT2D eigenvalue weighted by Crippen LogP contribution is 2.31. The second-order valence-corrected chi connectivity index (χ2v) is 4.45. The van der Waals surface area contributed by atoms with Crippen molar-refractivity contribution in [2.45, 2.75) is 12.5 Å². The third kappa shape index (κ3) is 2.82. The molecule has 0 spiro atoms. The lowest BCUT2D eigenvalue weighted by Gasteiger charge is -2.17. The summed E-state index contributed by atoms with van der Waals surface area (Å²) in [6, 6.07) is 8.91. The van der Waals surface area contributed by atoms with Crippen LogP contribution < -0.4 is 11.3 Å². The van der Waals surface area contributed by atoms with E-state index in [9.17, 15) is 0 Å². The highest BCUT2D eigenvalue weighted by atomic mass is 35.5. The highest BCUT2D eigenvalue weighted by Gasteiger charge is 2.18. The molecule has 0 aliphatic heterocycles. The van der Waals surface area contributed by atoms with Crippen LogP contribution in [0.25, 0.3) is 0 Å². The van der Waals surface area contributed by atoms with Gasteiger partial charge in [0.15, 0.2) is 0 Å². The first kappa shape index (κ1) is 12.5. The molecule has 1 atom stereocenters. The Balaban J connectivity index is 2.29. The number of halogens is 2. The summed E-state index contributed by atoms with van der Waals surface area (Å²) >= 11 is 12.3. The van der Waals surface area contributed by atoms with E-state index in [1.165, 1.54) is 0 Å². The number of hydrogen-bond donors (Lipinski definition) is 2. The van der Waals surface area contributed by atoms with Gasteiger partial charge in [0.05, 0.1) is 12.3 Å². The van der Waals surface area contributed by atoms with Crippen molar-refractivity contribution >= 4 is 23.2 Å². The van der Waals surface area contributed by atoms with Gasteiger partial charge >= 0.3 is 0 Å². The lowest BCUT2D eigenvalue weighted by atomic mass is 10.0. The van der Waals surface area contributed by atoms with Gasteiger partial charge in [-0.3, -0.25) is 11.3 Å². The van der Waals surface area contributed by atoms with Crippen molar-refractivity contribution in [2.75, 3.05) is 0 Å². The third-order valence-electron chi connectivity index (χ3n) is 2.53. The molecule has 0 saturated heterocycles. The summed E-state index contributed by atoms with van der Waals surface area (Å²) < 4.78 is 5.29. The molecule has 2 rings (SSSR count). The zero-order chi connectivity index (χ0) is 12.3. The highest BCUT2D eigenvalue weighted by molar-refractivity contribution is 6.36. The van der Waals surface area contributed by atoms with Gasteiger partial charge in [0.25, 0.3) is 0 Å². The van der Waals surface area contributed by atoms with Gasteiger partial charge in [0.2, 0.25) is 0 Å². The minimum absolute atomic E-state index is 0.178. The summed E-state index contributed by atoms with van der Waals surface area (Å²) in [6.07, 6.45) is 2.21. The lowest BCUT2D eigenvalue weighted by Crippen LogP contribution is -2.30. The maximum Gasteiger partial charge on any atom is 0.105 e. The molecule has 1 unspecified atom stereocenters. The van der Waals surface area contributed by atoms with E-state index >= 15 is 0 Å². The summed E-state index contributed by atoms with van der Waals surface area (Å²) in [5.41, 5.74) is 3.50. The fourth-order valence-electron chi connectivity index (χ4n) is 1.72. The number of furan rings is 1. The molecule has 17 heavy (non-hydrogen) atoms. The molecule has 1 aromatic carbocycles. The zero-order valence-electron chi connectivity index (χ0n) is 8.99. The Morgan fingerprint density at radius 2 is 1.88 bits per heavy atom. The molecule has 1 heterocycles. The van der Waals surface area contributed by atoms with Gasteiger partial charge in [-0.2, -0.15) is 0 Å². The Kier molecular flexibility index (Phi) is 4.07. The summed E-state index contributed by atoms with van der Waals surface area (Å²) in [7, 11) is 0. The quantitative estimate of drug-likeness (QED) is 0.662. The number of benzene rings is 1. The Hall–Kier alpha value is -1.00. The van der Waals surface area contributed by atoms with Crippen molar-refractivity contribution in [3.8, 4) is 0 Å². The molecular formula is C12H12Cl2N2O. The van der Waals surface area contributed by atoms with Gasteiger partial charge in [0, 0.05) is 22.0 Å². The molecule has 0 aliphatic carbocycles. The lowest BCUT2D eigenvalue weighted by molar-refractivity contribution is 0.455. The van der Waals surface area contributed by atoms with E-state index in [1.54, 1.807) is 24.5 Å². The van der Waals surface area contributed by atoms with Crippen LogP contribution in [0.5, 0.6) is 0 Å². The Morgan fingerprint density at radius 1 is 1.18 bits per heavy atom. The van der Waals surface area contributed by atoms with Crippen molar-refractivity contribution < 1.29 is 4.42 Å².